The van der Waals surface area contributed by atoms with Crippen LogP contribution in [-0.4, -0.2) is 0 Å². The average molecular weight is 162 g/mol. The molecule has 0 atom stereocenters. The van der Waals surface area contributed by atoms with Gasteiger partial charge in [0.25, 0.3) is 0 Å². The smallest absolute Gasteiger partial charge is 0.00892 e. The molecule has 0 spiro atoms. The van der Waals surface area contributed by atoms with Gasteiger partial charge in [0.2, 0.25) is 0 Å². The molecule has 0 saturated heterocycles. The summed E-state index contributed by atoms with van der Waals surface area (Å²) in [5, 5.41) is 0. The molecule has 0 aromatic heterocycles. The molecule has 0 aromatic carbocycles. The molecule has 0 aliphatic heterocycles. The Balaban J connectivity index is 3.63. The van der Waals surface area contributed by atoms with Crippen LogP contribution >= 0.6 is 0 Å². The van der Waals surface area contributed by atoms with Crippen LogP contribution in [0.5, 0.6) is 0 Å². The molecule has 0 bridgehead atoms. The molecule has 0 heterocycles. The summed E-state index contributed by atoms with van der Waals surface area (Å²) in [5.74, 6) is 2.62. The van der Waals surface area contributed by atoms with Crippen LogP contribution in [0.15, 0.2) is 17.9 Å². The molecule has 0 unspecified atom stereocenters. The van der Waals surface area contributed by atoms with E-state index in [4.69, 9.17) is 6.42 Å². The topological polar surface area (TPSA) is 0 Å². The van der Waals surface area contributed by atoms with Gasteiger partial charge in [0.1, 0.15) is 0 Å². The van der Waals surface area contributed by atoms with E-state index >= 15 is 0 Å². The normalized spacial score (nSPS) is 9.83. The summed E-state index contributed by atoms with van der Waals surface area (Å²) < 4.78 is 0. The molecule has 0 aliphatic carbocycles. The molecule has 0 nitrogen and oxygen atoms in total. The van der Waals surface area contributed by atoms with Gasteiger partial charge in [-0.25, -0.2) is 0 Å². The van der Waals surface area contributed by atoms with E-state index in [9.17, 15) is 0 Å². The van der Waals surface area contributed by atoms with Crippen molar-refractivity contribution in [3.63, 3.8) is 0 Å². The number of unbranched alkanes of at least 4 members (excludes halogenated alkanes) is 2. The molecule has 0 radical (unpaired) electrons. The van der Waals surface area contributed by atoms with E-state index in [1.807, 2.05) is 0 Å². The summed E-state index contributed by atoms with van der Waals surface area (Å²) in [7, 11) is 0. The highest BCUT2D eigenvalue weighted by Crippen LogP contribution is 2.13. The summed E-state index contributed by atoms with van der Waals surface area (Å²) >= 11 is 0. The first-order valence-electron chi connectivity index (χ1n) is 4.42. The quantitative estimate of drug-likeness (QED) is 0.338. The van der Waals surface area contributed by atoms with Gasteiger partial charge in [-0.3, -0.25) is 0 Å². The monoisotopic (exact) mass is 162 g/mol. The SMILES string of the molecule is C#CCCCC=C=CC(C)(C)C. The molecule has 0 heteroatoms. The van der Waals surface area contributed by atoms with Crippen LogP contribution in [0.25, 0.3) is 0 Å². The molecule has 0 aliphatic rings. The second-order valence-corrected chi connectivity index (χ2v) is 3.98. The van der Waals surface area contributed by atoms with Crippen LogP contribution in [0.3, 0.4) is 0 Å². The fraction of sp³-hybridized carbons (Fsp3) is 0.583. The lowest BCUT2D eigenvalue weighted by atomic mass is 9.97. The molecule has 0 aromatic rings. The maximum absolute atomic E-state index is 5.12. The van der Waals surface area contributed by atoms with Crippen molar-refractivity contribution in [2.24, 2.45) is 5.41 Å². The van der Waals surface area contributed by atoms with Crippen LogP contribution in [0.1, 0.15) is 40.0 Å². The Labute approximate surface area is 76.4 Å². The molecular formula is C12H18. The van der Waals surface area contributed by atoms with Crippen LogP contribution in [0.2, 0.25) is 0 Å². The Morgan fingerprint density at radius 1 is 1.33 bits per heavy atom. The third-order valence-electron chi connectivity index (χ3n) is 1.30. The van der Waals surface area contributed by atoms with Crippen molar-refractivity contribution in [3.05, 3.63) is 17.9 Å². The van der Waals surface area contributed by atoms with E-state index in [-0.39, 0.29) is 5.41 Å². The van der Waals surface area contributed by atoms with Crippen molar-refractivity contribution in [2.75, 3.05) is 0 Å². The average Bonchev–Trinajstić information content (AvgIpc) is 1.94. The van der Waals surface area contributed by atoms with Gasteiger partial charge in [0.05, 0.1) is 0 Å². The van der Waals surface area contributed by atoms with E-state index in [1.165, 1.54) is 0 Å². The Morgan fingerprint density at radius 3 is 2.50 bits per heavy atom. The maximum Gasteiger partial charge on any atom is 0.00892 e. The van der Waals surface area contributed by atoms with Gasteiger partial charge in [0.15, 0.2) is 0 Å². The van der Waals surface area contributed by atoms with Crippen LogP contribution in [0, 0.1) is 17.8 Å². The molecule has 0 rings (SSSR count). The predicted octanol–water partition coefficient (Wildman–Crippen LogP) is 3.55. The second kappa shape index (κ2) is 5.70. The Bertz CT molecular complexity index is 201. The first-order chi connectivity index (χ1) is 5.56. The zero-order valence-electron chi connectivity index (χ0n) is 8.35. The molecule has 0 fully saturated rings. The summed E-state index contributed by atoms with van der Waals surface area (Å²) in [6.45, 7) is 6.49. The molecule has 12 heavy (non-hydrogen) atoms. The predicted molar refractivity (Wildman–Crippen MR) is 54.8 cm³/mol. The van der Waals surface area contributed by atoms with Crippen LogP contribution in [0.4, 0.5) is 0 Å². The number of rotatable bonds is 3. The van der Waals surface area contributed by atoms with E-state index in [0.717, 1.165) is 19.3 Å². The van der Waals surface area contributed by atoms with E-state index in [1.54, 1.807) is 0 Å². The molecule has 0 saturated carbocycles. The van der Waals surface area contributed by atoms with Gasteiger partial charge in [-0.15, -0.1) is 18.1 Å². The minimum Gasteiger partial charge on any atom is -0.129 e. The lowest BCUT2D eigenvalue weighted by molar-refractivity contribution is 0.545. The minimum absolute atomic E-state index is 0.239. The van der Waals surface area contributed by atoms with E-state index < -0.39 is 0 Å². The number of hydrogen-bond donors (Lipinski definition) is 0. The molecule has 0 amide bonds. The largest absolute Gasteiger partial charge is 0.129 e. The molecular weight excluding hydrogens is 144 g/mol. The number of hydrogen-bond acceptors (Lipinski definition) is 0. The highest BCUT2D eigenvalue weighted by Gasteiger charge is 2.01. The van der Waals surface area contributed by atoms with E-state index in [2.05, 4.69) is 44.6 Å². The summed E-state index contributed by atoms with van der Waals surface area (Å²) in [6, 6.07) is 0. The Hall–Kier alpha value is -0.920. The van der Waals surface area contributed by atoms with Crippen LogP contribution in [-0.2, 0) is 0 Å². The highest BCUT2D eigenvalue weighted by atomic mass is 14.1. The second-order valence-electron chi connectivity index (χ2n) is 3.98. The first-order valence-corrected chi connectivity index (χ1v) is 4.42. The maximum atomic E-state index is 5.12. The van der Waals surface area contributed by atoms with Gasteiger partial charge < -0.3 is 0 Å². The van der Waals surface area contributed by atoms with Crippen molar-refractivity contribution in [1.82, 2.24) is 0 Å². The standard InChI is InChI=1S/C12H18/c1-5-6-7-8-9-10-11-12(2,3)4/h1,9,11H,6-8H2,2-4H3. The van der Waals surface area contributed by atoms with Gasteiger partial charge in [-0.1, -0.05) is 20.8 Å². The van der Waals surface area contributed by atoms with Gasteiger partial charge in [-0.2, -0.15) is 0 Å². The third-order valence-corrected chi connectivity index (χ3v) is 1.30. The van der Waals surface area contributed by atoms with Crippen molar-refractivity contribution in [2.45, 2.75) is 40.0 Å². The first kappa shape index (κ1) is 11.1. The van der Waals surface area contributed by atoms with Crippen molar-refractivity contribution >= 4 is 0 Å². The fourth-order valence-electron chi connectivity index (χ4n) is 0.698. The van der Waals surface area contributed by atoms with Gasteiger partial charge >= 0.3 is 0 Å². The summed E-state index contributed by atoms with van der Waals surface area (Å²) in [5.41, 5.74) is 3.40. The summed E-state index contributed by atoms with van der Waals surface area (Å²) in [4.78, 5) is 0. The van der Waals surface area contributed by atoms with Gasteiger partial charge in [-0.05, 0) is 30.4 Å². The van der Waals surface area contributed by atoms with Crippen molar-refractivity contribution in [1.29, 1.82) is 0 Å². The molecule has 66 valence electrons. The number of allylic oxidation sites excluding steroid dienone is 1. The van der Waals surface area contributed by atoms with Crippen LogP contribution < -0.4 is 0 Å². The minimum atomic E-state index is 0.239. The zero-order chi connectivity index (χ0) is 9.45. The van der Waals surface area contributed by atoms with Gasteiger partial charge in [0, 0.05) is 6.42 Å². The van der Waals surface area contributed by atoms with Crippen molar-refractivity contribution in [3.8, 4) is 12.3 Å². The Morgan fingerprint density at radius 2 is 2.00 bits per heavy atom. The summed E-state index contributed by atoms with van der Waals surface area (Å²) in [6.07, 6.45) is 12.2. The molecule has 0 N–H and O–H groups in total. The third kappa shape index (κ3) is 9.08. The number of terminal acetylenes is 1. The zero-order valence-corrected chi connectivity index (χ0v) is 8.35. The van der Waals surface area contributed by atoms with E-state index in [0.29, 0.717) is 0 Å². The Kier molecular flexibility index (Phi) is 5.26. The lowest BCUT2D eigenvalue weighted by Crippen LogP contribution is -1.96. The van der Waals surface area contributed by atoms with Crippen molar-refractivity contribution < 1.29 is 0 Å². The lowest BCUT2D eigenvalue weighted by Gasteiger charge is -2.08. The highest BCUT2D eigenvalue weighted by molar-refractivity contribution is 4.93. The fourth-order valence-corrected chi connectivity index (χ4v) is 0.698.